The molecule has 0 radical (unpaired) electrons. The molecule has 3 heterocycles. The van der Waals surface area contributed by atoms with Crippen molar-refractivity contribution < 1.29 is 0 Å². The van der Waals surface area contributed by atoms with Gasteiger partial charge in [-0.15, -0.1) is 11.3 Å². The second-order valence-corrected chi connectivity index (χ2v) is 6.63. The van der Waals surface area contributed by atoms with E-state index in [1.54, 1.807) is 11.3 Å². The van der Waals surface area contributed by atoms with E-state index in [4.69, 9.17) is 4.99 Å². The van der Waals surface area contributed by atoms with Gasteiger partial charge in [-0.3, -0.25) is 5.10 Å². The first-order chi connectivity index (χ1) is 11.7. The predicted octanol–water partition coefficient (Wildman–Crippen LogP) is 4.76. The molecule has 4 rings (SSSR count). The highest BCUT2D eigenvalue weighted by molar-refractivity contribution is 7.17. The average molecular weight is 332 g/mol. The summed E-state index contributed by atoms with van der Waals surface area (Å²) in [6.45, 7) is 6.16. The number of amidine groups is 1. The molecule has 0 bridgehead atoms. The van der Waals surface area contributed by atoms with E-state index in [9.17, 15) is 0 Å². The molecule has 2 N–H and O–H groups in total. The summed E-state index contributed by atoms with van der Waals surface area (Å²) in [6, 6.07) is 12.3. The Hall–Kier alpha value is -2.92. The van der Waals surface area contributed by atoms with Gasteiger partial charge in [0.05, 0.1) is 22.5 Å². The molecular weight excluding hydrogens is 316 g/mol. The zero-order valence-electron chi connectivity index (χ0n) is 13.2. The van der Waals surface area contributed by atoms with Crippen molar-refractivity contribution in [1.29, 1.82) is 0 Å². The van der Waals surface area contributed by atoms with Gasteiger partial charge in [-0.2, -0.15) is 5.10 Å². The minimum Gasteiger partial charge on any atom is -0.339 e. The maximum absolute atomic E-state index is 4.71. The van der Waals surface area contributed by atoms with Crippen molar-refractivity contribution in [2.45, 2.75) is 6.92 Å². The molecule has 0 atom stereocenters. The minimum atomic E-state index is 0.796. The van der Waals surface area contributed by atoms with Gasteiger partial charge in [-0.1, -0.05) is 43.0 Å². The van der Waals surface area contributed by atoms with Crippen LogP contribution in [-0.2, 0) is 0 Å². The Morgan fingerprint density at radius 2 is 2.00 bits per heavy atom. The largest absolute Gasteiger partial charge is 0.339 e. The number of aliphatic imine (C=N–C) groups is 1. The number of thiophene rings is 1. The molecule has 24 heavy (non-hydrogen) atoms. The highest BCUT2D eigenvalue weighted by Gasteiger charge is 2.19. The summed E-state index contributed by atoms with van der Waals surface area (Å²) in [6.07, 6.45) is 5.87. The van der Waals surface area contributed by atoms with Crippen LogP contribution in [-0.4, -0.2) is 16.0 Å². The zero-order valence-corrected chi connectivity index (χ0v) is 14.0. The summed E-state index contributed by atoms with van der Waals surface area (Å²) in [5, 5.41) is 10.3. The Kier molecular flexibility index (Phi) is 3.63. The van der Waals surface area contributed by atoms with E-state index in [1.807, 2.05) is 43.5 Å². The lowest BCUT2D eigenvalue weighted by Gasteiger charge is -2.14. The number of fused-ring (bicyclic) bond motifs is 1. The lowest BCUT2D eigenvalue weighted by molar-refractivity contribution is 1.05. The quantitative estimate of drug-likeness (QED) is 0.726. The van der Waals surface area contributed by atoms with E-state index in [0.717, 1.165) is 43.8 Å². The topological polar surface area (TPSA) is 53.1 Å². The van der Waals surface area contributed by atoms with Crippen LogP contribution in [0.5, 0.6) is 0 Å². The number of aromatic nitrogens is 2. The normalized spacial score (nSPS) is 13.7. The van der Waals surface area contributed by atoms with Gasteiger partial charge in [0.2, 0.25) is 0 Å². The molecule has 4 nitrogen and oxygen atoms in total. The third-order valence-corrected chi connectivity index (χ3v) is 5.05. The molecule has 0 saturated carbocycles. The number of benzene rings is 1. The number of nitrogens with one attached hydrogen (secondary N) is 2. The van der Waals surface area contributed by atoms with Gasteiger partial charge in [0.15, 0.2) is 0 Å². The third-order valence-electron chi connectivity index (χ3n) is 3.84. The summed E-state index contributed by atoms with van der Waals surface area (Å²) < 4.78 is 0. The Morgan fingerprint density at radius 1 is 1.17 bits per heavy atom. The van der Waals surface area contributed by atoms with E-state index in [2.05, 4.69) is 40.3 Å². The summed E-state index contributed by atoms with van der Waals surface area (Å²) in [7, 11) is 0. The summed E-state index contributed by atoms with van der Waals surface area (Å²) in [5.74, 6) is 0.796. The van der Waals surface area contributed by atoms with E-state index >= 15 is 0 Å². The zero-order chi connectivity index (χ0) is 16.5. The fourth-order valence-corrected chi connectivity index (χ4v) is 3.69. The number of hydrogen-bond acceptors (Lipinski definition) is 4. The number of aryl methyl sites for hydroxylation is 1. The molecule has 0 fully saturated rings. The van der Waals surface area contributed by atoms with Crippen molar-refractivity contribution in [3.63, 3.8) is 0 Å². The number of hydrogen-bond donors (Lipinski definition) is 2. The highest BCUT2D eigenvalue weighted by atomic mass is 32.1. The molecule has 0 aliphatic carbocycles. The van der Waals surface area contributed by atoms with Gasteiger partial charge < -0.3 is 5.32 Å². The molecule has 2 aromatic heterocycles. The molecule has 1 aromatic carbocycles. The molecule has 1 aliphatic heterocycles. The maximum atomic E-state index is 4.71. The van der Waals surface area contributed by atoms with Crippen LogP contribution < -0.4 is 5.32 Å². The van der Waals surface area contributed by atoms with Crippen molar-refractivity contribution in [1.82, 2.24) is 15.5 Å². The second kappa shape index (κ2) is 5.94. The first kappa shape index (κ1) is 14.7. The van der Waals surface area contributed by atoms with Crippen LogP contribution in [0.3, 0.4) is 0 Å². The number of aromatic amines is 1. The van der Waals surface area contributed by atoms with E-state index in [-0.39, 0.29) is 0 Å². The maximum Gasteiger partial charge on any atom is 0.131 e. The first-order valence-corrected chi connectivity index (χ1v) is 8.44. The Bertz CT molecular complexity index is 960. The van der Waals surface area contributed by atoms with E-state index in [0.29, 0.717) is 0 Å². The van der Waals surface area contributed by atoms with Crippen LogP contribution in [0.4, 0.5) is 5.69 Å². The van der Waals surface area contributed by atoms with Crippen LogP contribution in [0.1, 0.15) is 16.1 Å². The average Bonchev–Trinajstić information content (AvgIpc) is 3.20. The lowest BCUT2D eigenvalue weighted by Crippen LogP contribution is -2.21. The Morgan fingerprint density at radius 3 is 2.75 bits per heavy atom. The van der Waals surface area contributed by atoms with E-state index in [1.165, 1.54) is 0 Å². The van der Waals surface area contributed by atoms with Gasteiger partial charge in [-0.05, 0) is 24.6 Å². The molecule has 1 aliphatic rings. The highest BCUT2D eigenvalue weighted by Crippen LogP contribution is 2.41. The second-order valence-electron chi connectivity index (χ2n) is 5.58. The first-order valence-electron chi connectivity index (χ1n) is 7.63. The van der Waals surface area contributed by atoms with Gasteiger partial charge in [0.25, 0.3) is 0 Å². The lowest BCUT2D eigenvalue weighted by atomic mass is 10.2. The van der Waals surface area contributed by atoms with Crippen molar-refractivity contribution in [3.8, 4) is 10.4 Å². The molecule has 0 spiro atoms. The fraction of sp³-hybridized carbons (Fsp3) is 0.0526. The van der Waals surface area contributed by atoms with Crippen LogP contribution in [0.25, 0.3) is 22.2 Å². The molecule has 0 saturated heterocycles. The predicted molar refractivity (Wildman–Crippen MR) is 101 cm³/mol. The van der Waals surface area contributed by atoms with Gasteiger partial charge in [0, 0.05) is 16.1 Å². The van der Waals surface area contributed by atoms with Gasteiger partial charge >= 0.3 is 0 Å². The summed E-state index contributed by atoms with van der Waals surface area (Å²) >= 11 is 1.68. The standard InChI is InChI=1S/C19H16N4S/c1-12-15(11-20-23-12)17-10-16-19(24-17)13(2)21-18(22-16)9-8-14-6-4-3-5-7-14/h3-11H,2H2,1H3,(H,20,23)(H,21,22)/b9-8+. The van der Waals surface area contributed by atoms with Crippen molar-refractivity contribution in [2.75, 3.05) is 0 Å². The van der Waals surface area contributed by atoms with Gasteiger partial charge in [0.1, 0.15) is 5.84 Å². The van der Waals surface area contributed by atoms with Crippen molar-refractivity contribution in [2.24, 2.45) is 4.99 Å². The smallest absolute Gasteiger partial charge is 0.131 e. The minimum absolute atomic E-state index is 0.796. The molecule has 0 amide bonds. The molecule has 5 heteroatoms. The SMILES string of the molecule is C=C1NC(/C=C/c2ccccc2)=Nc2cc(-c3cn[nH]c3C)sc21. The van der Waals surface area contributed by atoms with Crippen molar-refractivity contribution in [3.05, 3.63) is 71.4 Å². The van der Waals surface area contributed by atoms with Crippen LogP contribution in [0.15, 0.2) is 60.2 Å². The van der Waals surface area contributed by atoms with Crippen LogP contribution in [0, 0.1) is 6.92 Å². The third kappa shape index (κ3) is 2.70. The molecule has 3 aromatic rings. The summed E-state index contributed by atoms with van der Waals surface area (Å²) in [4.78, 5) is 6.93. The van der Waals surface area contributed by atoms with E-state index < -0.39 is 0 Å². The number of nitrogens with zero attached hydrogens (tertiary/aromatic N) is 2. The van der Waals surface area contributed by atoms with Crippen LogP contribution >= 0.6 is 11.3 Å². The molecular formula is C19H16N4S. The molecule has 118 valence electrons. The number of rotatable bonds is 3. The monoisotopic (exact) mass is 332 g/mol. The number of H-pyrrole nitrogens is 1. The molecule has 0 unspecified atom stereocenters. The fourth-order valence-electron chi connectivity index (χ4n) is 2.60. The van der Waals surface area contributed by atoms with Crippen LogP contribution in [0.2, 0.25) is 0 Å². The van der Waals surface area contributed by atoms with Crippen molar-refractivity contribution >= 4 is 34.6 Å². The van der Waals surface area contributed by atoms with Gasteiger partial charge in [-0.25, -0.2) is 4.99 Å². The summed E-state index contributed by atoms with van der Waals surface area (Å²) in [5.41, 5.74) is 5.13. The Balaban J connectivity index is 1.67. The Labute approximate surface area is 144 Å².